The summed E-state index contributed by atoms with van der Waals surface area (Å²) >= 11 is 0. The number of carbonyl (C=O) groups excluding carboxylic acids is 1. The van der Waals surface area contributed by atoms with E-state index in [1.54, 1.807) is 19.1 Å². The highest BCUT2D eigenvalue weighted by Gasteiger charge is 2.29. The first kappa shape index (κ1) is 17.9. The lowest BCUT2D eigenvalue weighted by atomic mass is 9.84. The zero-order valence-corrected chi connectivity index (χ0v) is 13.7. The van der Waals surface area contributed by atoms with E-state index in [0.29, 0.717) is 6.54 Å². The summed E-state index contributed by atoms with van der Waals surface area (Å²) in [5.41, 5.74) is 1.25. The molecule has 0 fully saturated rings. The molecule has 0 bridgehead atoms. The van der Waals surface area contributed by atoms with Gasteiger partial charge in [0.25, 0.3) is 0 Å². The molecule has 0 saturated heterocycles. The number of halogens is 1. The normalized spacial score (nSPS) is 13.5. The van der Waals surface area contributed by atoms with Crippen molar-refractivity contribution in [2.45, 2.75) is 33.1 Å². The molecule has 118 valence electrons. The highest BCUT2D eigenvalue weighted by molar-refractivity contribution is 5.87. The lowest BCUT2D eigenvalue weighted by Crippen LogP contribution is -2.40. The number of allylic oxidation sites excluding steroid dienone is 5. The molecule has 2 nitrogen and oxygen atoms in total. The SMILES string of the molecule is C\C=C/C(F)=C\C=C(/C)CNC(=O)C(C)(C)c1ccccc1. The summed E-state index contributed by atoms with van der Waals surface area (Å²) in [5, 5.41) is 2.90. The Morgan fingerprint density at radius 3 is 2.45 bits per heavy atom. The third kappa shape index (κ3) is 5.32. The molecule has 22 heavy (non-hydrogen) atoms. The molecule has 0 radical (unpaired) electrons. The number of hydrogen-bond donors (Lipinski definition) is 1. The molecule has 0 aliphatic rings. The lowest BCUT2D eigenvalue weighted by molar-refractivity contribution is -0.125. The van der Waals surface area contributed by atoms with E-state index in [1.807, 2.05) is 51.1 Å². The van der Waals surface area contributed by atoms with Gasteiger partial charge in [0.15, 0.2) is 0 Å². The summed E-state index contributed by atoms with van der Waals surface area (Å²) in [6.07, 6.45) is 6.09. The Balaban J connectivity index is 2.66. The first-order chi connectivity index (χ1) is 10.4. The molecule has 1 aromatic carbocycles. The van der Waals surface area contributed by atoms with Gasteiger partial charge in [-0.1, -0.05) is 48.1 Å². The minimum Gasteiger partial charge on any atom is -0.352 e. The second kappa shape index (κ2) is 8.32. The van der Waals surface area contributed by atoms with Crippen LogP contribution in [0.3, 0.4) is 0 Å². The van der Waals surface area contributed by atoms with Gasteiger partial charge in [-0.25, -0.2) is 4.39 Å². The number of benzene rings is 1. The van der Waals surface area contributed by atoms with Crippen molar-refractivity contribution in [3.63, 3.8) is 0 Å². The molecule has 1 amide bonds. The van der Waals surface area contributed by atoms with Gasteiger partial charge in [0, 0.05) is 6.54 Å². The smallest absolute Gasteiger partial charge is 0.230 e. The van der Waals surface area contributed by atoms with Crippen LogP contribution in [0.15, 0.2) is 66.0 Å². The molecule has 0 aromatic heterocycles. The van der Waals surface area contributed by atoms with E-state index < -0.39 is 5.41 Å². The first-order valence-electron chi connectivity index (χ1n) is 7.37. The van der Waals surface area contributed by atoms with Gasteiger partial charge in [-0.15, -0.1) is 0 Å². The van der Waals surface area contributed by atoms with Gasteiger partial charge in [-0.3, -0.25) is 4.79 Å². The molecule has 0 heterocycles. The van der Waals surface area contributed by atoms with Crippen LogP contribution in [0.5, 0.6) is 0 Å². The first-order valence-corrected chi connectivity index (χ1v) is 7.37. The number of nitrogens with one attached hydrogen (secondary N) is 1. The Kier molecular flexibility index (Phi) is 6.77. The van der Waals surface area contributed by atoms with Gasteiger partial charge in [-0.05, 0) is 45.4 Å². The zero-order chi connectivity index (χ0) is 16.6. The minimum absolute atomic E-state index is 0.0515. The van der Waals surface area contributed by atoms with Gasteiger partial charge < -0.3 is 5.32 Å². The van der Waals surface area contributed by atoms with Crippen molar-refractivity contribution in [2.75, 3.05) is 6.54 Å². The van der Waals surface area contributed by atoms with E-state index >= 15 is 0 Å². The average Bonchev–Trinajstić information content (AvgIpc) is 2.51. The van der Waals surface area contributed by atoms with Crippen molar-refractivity contribution < 1.29 is 9.18 Å². The maximum absolute atomic E-state index is 13.2. The third-order valence-corrected chi connectivity index (χ3v) is 3.44. The van der Waals surface area contributed by atoms with Crippen molar-refractivity contribution in [1.82, 2.24) is 5.32 Å². The molecule has 1 rings (SSSR count). The summed E-state index contributed by atoms with van der Waals surface area (Å²) in [5.74, 6) is -0.359. The molecular weight excluding hydrogens is 277 g/mol. The van der Waals surface area contributed by atoms with Crippen LogP contribution < -0.4 is 5.32 Å². The topological polar surface area (TPSA) is 29.1 Å². The fourth-order valence-corrected chi connectivity index (χ4v) is 1.92. The lowest BCUT2D eigenvalue weighted by Gasteiger charge is -2.24. The van der Waals surface area contributed by atoms with Gasteiger partial charge >= 0.3 is 0 Å². The average molecular weight is 301 g/mol. The monoisotopic (exact) mass is 301 g/mol. The van der Waals surface area contributed by atoms with E-state index in [2.05, 4.69) is 5.32 Å². The molecule has 0 aliphatic carbocycles. The predicted molar refractivity (Wildman–Crippen MR) is 90.2 cm³/mol. The summed E-state index contributed by atoms with van der Waals surface area (Å²) < 4.78 is 13.2. The number of rotatable bonds is 6. The molecule has 0 unspecified atom stereocenters. The van der Waals surface area contributed by atoms with E-state index in [0.717, 1.165) is 11.1 Å². The molecule has 1 aromatic rings. The molecule has 0 aliphatic heterocycles. The van der Waals surface area contributed by atoms with Crippen molar-refractivity contribution in [3.05, 3.63) is 71.6 Å². The minimum atomic E-state index is -0.604. The van der Waals surface area contributed by atoms with Crippen LogP contribution in [0.25, 0.3) is 0 Å². The summed E-state index contributed by atoms with van der Waals surface area (Å²) in [6.45, 7) is 7.80. The van der Waals surface area contributed by atoms with Crippen molar-refractivity contribution in [2.24, 2.45) is 0 Å². The van der Waals surface area contributed by atoms with Crippen LogP contribution in [-0.4, -0.2) is 12.5 Å². The van der Waals surface area contributed by atoms with Crippen LogP contribution in [0.4, 0.5) is 4.39 Å². The van der Waals surface area contributed by atoms with E-state index in [4.69, 9.17) is 0 Å². The molecular formula is C19H24FNO. The Hall–Kier alpha value is -2.16. The Labute approximate surface area is 132 Å². The standard InChI is InChI=1S/C19H24FNO/c1-5-9-17(20)13-12-15(2)14-21-18(22)19(3,4)16-10-7-6-8-11-16/h5-13H,14H2,1-4H3,(H,21,22)/b9-5-,15-12+,17-13+. The Morgan fingerprint density at radius 2 is 1.86 bits per heavy atom. The molecule has 0 atom stereocenters. The van der Waals surface area contributed by atoms with Gasteiger partial charge in [0.2, 0.25) is 5.91 Å². The number of carbonyl (C=O) groups is 1. The van der Waals surface area contributed by atoms with Crippen LogP contribution >= 0.6 is 0 Å². The highest BCUT2D eigenvalue weighted by atomic mass is 19.1. The van der Waals surface area contributed by atoms with E-state index in [-0.39, 0.29) is 11.7 Å². The van der Waals surface area contributed by atoms with Crippen LogP contribution in [0.2, 0.25) is 0 Å². The van der Waals surface area contributed by atoms with Crippen LogP contribution in [0.1, 0.15) is 33.3 Å². The van der Waals surface area contributed by atoms with Gasteiger partial charge in [0.05, 0.1) is 5.41 Å². The number of hydrogen-bond acceptors (Lipinski definition) is 1. The molecule has 0 saturated carbocycles. The number of amides is 1. The predicted octanol–water partition coefficient (Wildman–Crippen LogP) is 4.46. The fourth-order valence-electron chi connectivity index (χ4n) is 1.92. The van der Waals surface area contributed by atoms with Crippen molar-refractivity contribution in [3.8, 4) is 0 Å². The fraction of sp³-hybridized carbons (Fsp3) is 0.316. The van der Waals surface area contributed by atoms with Gasteiger partial charge in [0.1, 0.15) is 5.83 Å². The molecule has 0 spiro atoms. The zero-order valence-electron chi connectivity index (χ0n) is 13.7. The third-order valence-electron chi connectivity index (χ3n) is 3.44. The van der Waals surface area contributed by atoms with Crippen LogP contribution in [-0.2, 0) is 10.2 Å². The van der Waals surface area contributed by atoms with Gasteiger partial charge in [-0.2, -0.15) is 0 Å². The van der Waals surface area contributed by atoms with Crippen LogP contribution in [0, 0.1) is 0 Å². The van der Waals surface area contributed by atoms with E-state index in [9.17, 15) is 9.18 Å². The second-order valence-electron chi connectivity index (χ2n) is 5.74. The van der Waals surface area contributed by atoms with E-state index in [1.165, 1.54) is 12.2 Å². The van der Waals surface area contributed by atoms with Crippen molar-refractivity contribution >= 4 is 5.91 Å². The molecule has 3 heteroatoms. The summed E-state index contributed by atoms with van der Waals surface area (Å²) in [4.78, 5) is 12.4. The maximum Gasteiger partial charge on any atom is 0.230 e. The largest absolute Gasteiger partial charge is 0.352 e. The summed E-state index contributed by atoms with van der Waals surface area (Å²) in [7, 11) is 0. The Bertz CT molecular complexity index is 583. The Morgan fingerprint density at radius 1 is 1.23 bits per heavy atom. The summed E-state index contributed by atoms with van der Waals surface area (Å²) in [6, 6.07) is 9.65. The molecule has 1 N–H and O–H groups in total. The highest BCUT2D eigenvalue weighted by Crippen LogP contribution is 2.22. The quantitative estimate of drug-likeness (QED) is 0.772. The maximum atomic E-state index is 13.2. The van der Waals surface area contributed by atoms with Crippen molar-refractivity contribution in [1.29, 1.82) is 0 Å². The second-order valence-corrected chi connectivity index (χ2v) is 5.74.